The van der Waals surface area contributed by atoms with Gasteiger partial charge >= 0.3 is 0 Å². The molecule has 1 aromatic rings. The molecule has 0 saturated heterocycles. The zero-order valence-electron chi connectivity index (χ0n) is 15.9. The van der Waals surface area contributed by atoms with E-state index in [-0.39, 0.29) is 12.0 Å². The number of nitrogens with one attached hydrogen (secondary N) is 1. The van der Waals surface area contributed by atoms with Crippen LogP contribution in [0.1, 0.15) is 20.8 Å². The molecule has 0 aromatic heterocycles. The lowest BCUT2D eigenvalue weighted by atomic mass is 9.80. The largest absolute Gasteiger partial charge is 0.416 e. The summed E-state index contributed by atoms with van der Waals surface area (Å²) in [7, 11) is 0.902. The van der Waals surface area contributed by atoms with Gasteiger partial charge in [0.1, 0.15) is 5.66 Å². The Morgan fingerprint density at radius 2 is 2.04 bits per heavy atom. The van der Waals surface area contributed by atoms with E-state index in [1.165, 1.54) is 0 Å². The molecule has 0 saturated carbocycles. The fraction of sp³-hybridized carbons (Fsp3) is 0.556. The van der Waals surface area contributed by atoms with Gasteiger partial charge in [-0.2, -0.15) is 0 Å². The van der Waals surface area contributed by atoms with Crippen LogP contribution >= 0.6 is 23.4 Å². The third-order valence-corrected chi connectivity index (χ3v) is 6.80. The Hall–Kier alpha value is -0.663. The van der Waals surface area contributed by atoms with Crippen LogP contribution in [0.3, 0.4) is 0 Å². The van der Waals surface area contributed by atoms with Crippen molar-refractivity contribution in [2.45, 2.75) is 44.4 Å². The van der Waals surface area contributed by atoms with Crippen LogP contribution in [0.25, 0.3) is 0 Å². The Balaban J connectivity index is 2.36. The number of rotatable bonds is 6. The Morgan fingerprint density at radius 1 is 1.36 bits per heavy atom. The van der Waals surface area contributed by atoms with Crippen molar-refractivity contribution in [1.29, 1.82) is 0 Å². The van der Waals surface area contributed by atoms with Crippen LogP contribution in [0.2, 0.25) is 18.1 Å². The van der Waals surface area contributed by atoms with E-state index in [0.717, 1.165) is 15.6 Å². The van der Waals surface area contributed by atoms with Gasteiger partial charge in [-0.15, -0.1) is 0 Å². The summed E-state index contributed by atoms with van der Waals surface area (Å²) < 4.78 is 6.13. The maximum atomic E-state index is 9.94. The second-order valence-electron chi connectivity index (χ2n) is 7.66. The highest BCUT2D eigenvalue weighted by atomic mass is 35.5. The molecular weight excluding hydrogens is 372 g/mol. The molecule has 0 radical (unpaired) electrons. The maximum Gasteiger partial charge on any atom is 0.171 e. The Kier molecular flexibility index (Phi) is 6.54. The number of nitrogens with zero attached hydrogens (tertiary/aromatic N) is 1. The van der Waals surface area contributed by atoms with Crippen LogP contribution in [0.5, 0.6) is 0 Å². The predicted molar refractivity (Wildman–Crippen MR) is 109 cm³/mol. The van der Waals surface area contributed by atoms with E-state index in [1.54, 1.807) is 11.8 Å². The lowest BCUT2D eigenvalue weighted by Gasteiger charge is -2.48. The lowest BCUT2D eigenvalue weighted by molar-refractivity contribution is -0.00856. The molecule has 1 aromatic carbocycles. The number of halogens is 1. The molecule has 140 valence electrons. The SMILES string of the molecule is CN1C(Sc2cccc(Cl)c2)=C(CO)NC1(CO[SiH](C)C)C(C)(C)C. The minimum Gasteiger partial charge on any atom is -0.416 e. The zero-order valence-corrected chi connectivity index (χ0v) is 18.6. The minimum absolute atomic E-state index is 0.0375. The molecular formula is C18H29ClN2O2SSi. The molecule has 1 unspecified atom stereocenters. The number of hydrogen-bond donors (Lipinski definition) is 2. The summed E-state index contributed by atoms with van der Waals surface area (Å²) in [4.78, 5) is 3.27. The molecule has 1 aliphatic heterocycles. The number of likely N-dealkylation sites (N-methyl/N-ethyl adjacent to an activating group) is 1. The second kappa shape index (κ2) is 7.92. The number of thioether (sulfide) groups is 1. The van der Waals surface area contributed by atoms with Crippen LogP contribution in [-0.2, 0) is 4.43 Å². The maximum absolute atomic E-state index is 9.94. The number of benzene rings is 1. The Labute approximate surface area is 162 Å². The van der Waals surface area contributed by atoms with E-state index in [1.807, 2.05) is 24.3 Å². The smallest absolute Gasteiger partial charge is 0.171 e. The number of aliphatic hydroxyl groups is 1. The first kappa shape index (κ1) is 20.6. The van der Waals surface area contributed by atoms with Crippen molar-refractivity contribution in [3.63, 3.8) is 0 Å². The third-order valence-electron chi connectivity index (χ3n) is 4.53. The monoisotopic (exact) mass is 400 g/mol. The van der Waals surface area contributed by atoms with Gasteiger partial charge in [0.25, 0.3) is 0 Å². The fourth-order valence-electron chi connectivity index (χ4n) is 2.97. The third kappa shape index (κ3) is 4.36. The predicted octanol–water partition coefficient (Wildman–Crippen LogP) is 3.87. The molecule has 4 nitrogen and oxygen atoms in total. The van der Waals surface area contributed by atoms with E-state index in [0.29, 0.717) is 11.6 Å². The van der Waals surface area contributed by atoms with Crippen LogP contribution in [0.4, 0.5) is 0 Å². The average Bonchev–Trinajstić information content (AvgIpc) is 2.78. The van der Waals surface area contributed by atoms with Gasteiger partial charge in [-0.25, -0.2) is 0 Å². The number of hydrogen-bond acceptors (Lipinski definition) is 5. The quantitative estimate of drug-likeness (QED) is 0.709. The van der Waals surface area contributed by atoms with E-state index in [4.69, 9.17) is 16.0 Å². The van der Waals surface area contributed by atoms with Crippen molar-refractivity contribution in [1.82, 2.24) is 10.2 Å². The average molecular weight is 401 g/mol. The second-order valence-corrected chi connectivity index (χ2v) is 11.6. The summed E-state index contributed by atoms with van der Waals surface area (Å²) in [6.07, 6.45) is 0. The van der Waals surface area contributed by atoms with Crippen molar-refractivity contribution in [3.8, 4) is 0 Å². The highest BCUT2D eigenvalue weighted by Gasteiger charge is 2.51. The first-order chi connectivity index (χ1) is 11.6. The van der Waals surface area contributed by atoms with Crippen LogP contribution < -0.4 is 5.32 Å². The molecule has 1 atom stereocenters. The summed E-state index contributed by atoms with van der Waals surface area (Å²) in [6, 6.07) is 7.78. The summed E-state index contributed by atoms with van der Waals surface area (Å²) in [5.41, 5.74) is 0.335. The van der Waals surface area contributed by atoms with E-state index >= 15 is 0 Å². The molecule has 0 amide bonds. The van der Waals surface area contributed by atoms with Gasteiger partial charge in [0, 0.05) is 22.4 Å². The van der Waals surface area contributed by atoms with Crippen molar-refractivity contribution in [3.05, 3.63) is 40.0 Å². The molecule has 0 spiro atoms. The van der Waals surface area contributed by atoms with Gasteiger partial charge in [-0.1, -0.05) is 50.2 Å². The van der Waals surface area contributed by atoms with Crippen molar-refractivity contribution in [2.75, 3.05) is 20.3 Å². The van der Waals surface area contributed by atoms with Gasteiger partial charge in [0.15, 0.2) is 9.04 Å². The van der Waals surface area contributed by atoms with Crippen LogP contribution in [0.15, 0.2) is 39.9 Å². The molecule has 0 aliphatic carbocycles. The van der Waals surface area contributed by atoms with Gasteiger partial charge in [-0.3, -0.25) is 0 Å². The summed E-state index contributed by atoms with van der Waals surface area (Å²) in [5.74, 6) is 0. The van der Waals surface area contributed by atoms with Crippen LogP contribution in [0, 0.1) is 5.41 Å². The summed E-state index contributed by atoms with van der Waals surface area (Å²) in [5, 5.41) is 15.2. The number of aliphatic hydroxyl groups excluding tert-OH is 1. The van der Waals surface area contributed by atoms with E-state index in [9.17, 15) is 5.11 Å². The first-order valence-electron chi connectivity index (χ1n) is 8.52. The normalized spacial score (nSPS) is 21.2. The van der Waals surface area contributed by atoms with Crippen molar-refractivity contribution >= 4 is 32.4 Å². The molecule has 25 heavy (non-hydrogen) atoms. The first-order valence-corrected chi connectivity index (χ1v) is 12.5. The molecule has 0 fully saturated rings. The Morgan fingerprint density at radius 3 is 2.56 bits per heavy atom. The standard InChI is InChI=1S/C18H29ClN2O2SSi/c1-17(2,3)18(12-23-25(5)6)20-15(11-22)16(21(18)4)24-14-9-7-8-13(19)10-14/h7-10,20,22,25H,11-12H2,1-6H3. The van der Waals surface area contributed by atoms with Crippen molar-refractivity contribution in [2.24, 2.45) is 5.41 Å². The van der Waals surface area contributed by atoms with Crippen molar-refractivity contribution < 1.29 is 9.53 Å². The summed E-state index contributed by atoms with van der Waals surface area (Å²) >= 11 is 7.74. The molecule has 2 N–H and O–H groups in total. The van der Waals surface area contributed by atoms with E-state index < -0.39 is 14.7 Å². The van der Waals surface area contributed by atoms with Gasteiger partial charge < -0.3 is 19.7 Å². The van der Waals surface area contributed by atoms with Gasteiger partial charge in [0.2, 0.25) is 0 Å². The Bertz CT molecular complexity index is 648. The molecule has 7 heteroatoms. The molecule has 1 aliphatic rings. The lowest BCUT2D eigenvalue weighted by Crippen LogP contribution is -2.63. The summed E-state index contributed by atoms with van der Waals surface area (Å²) in [6.45, 7) is 11.5. The molecule has 2 rings (SSSR count). The van der Waals surface area contributed by atoms with Gasteiger partial charge in [-0.05, 0) is 31.3 Å². The van der Waals surface area contributed by atoms with Gasteiger partial charge in [0.05, 0.1) is 23.9 Å². The molecule has 1 heterocycles. The van der Waals surface area contributed by atoms with Crippen LogP contribution in [-0.4, -0.2) is 45.0 Å². The zero-order chi connectivity index (χ0) is 18.8. The highest BCUT2D eigenvalue weighted by Crippen LogP contribution is 2.45. The highest BCUT2D eigenvalue weighted by molar-refractivity contribution is 8.03. The minimum atomic E-state index is -1.17. The van der Waals surface area contributed by atoms with E-state index in [2.05, 4.69) is 51.1 Å². The molecule has 0 bridgehead atoms. The topological polar surface area (TPSA) is 44.7 Å². The fourth-order valence-corrected chi connectivity index (χ4v) is 4.89.